The van der Waals surface area contributed by atoms with Crippen LogP contribution in [0.3, 0.4) is 0 Å². The SMILES string of the molecule is Cc1cc(C(=O)NC2(COc3cccc4c3C(N)=NS(O)(O)N4)CCC2)ccn1. The lowest BCUT2D eigenvalue weighted by Crippen LogP contribution is -2.57. The zero-order chi connectivity index (χ0) is 20.6. The highest BCUT2D eigenvalue weighted by Crippen LogP contribution is 2.47. The van der Waals surface area contributed by atoms with E-state index in [1.54, 1.807) is 36.5 Å². The first-order valence-electron chi connectivity index (χ1n) is 9.20. The first-order chi connectivity index (χ1) is 13.8. The normalized spacial score (nSPS) is 19.6. The minimum atomic E-state index is -3.35. The summed E-state index contributed by atoms with van der Waals surface area (Å²) in [6.45, 7) is 2.11. The number of amides is 1. The van der Waals surface area contributed by atoms with Crippen molar-refractivity contribution in [2.45, 2.75) is 31.7 Å². The van der Waals surface area contributed by atoms with Crippen molar-refractivity contribution in [2.24, 2.45) is 10.1 Å². The second-order valence-corrected chi connectivity index (χ2v) is 8.76. The number of anilines is 1. The number of nitrogens with zero attached hydrogens (tertiary/aromatic N) is 2. The first-order valence-corrected chi connectivity index (χ1v) is 10.7. The Kier molecular flexibility index (Phi) is 4.85. The molecule has 2 heterocycles. The third kappa shape index (κ3) is 4.00. The Labute approximate surface area is 170 Å². The van der Waals surface area contributed by atoms with Crippen molar-refractivity contribution in [2.75, 3.05) is 11.3 Å². The van der Waals surface area contributed by atoms with E-state index >= 15 is 0 Å². The molecule has 1 aliphatic carbocycles. The van der Waals surface area contributed by atoms with E-state index in [1.807, 2.05) is 6.92 Å². The predicted molar refractivity (Wildman–Crippen MR) is 112 cm³/mol. The molecule has 2 aliphatic rings. The zero-order valence-electron chi connectivity index (χ0n) is 15.9. The topological polar surface area (TPSA) is 142 Å². The van der Waals surface area contributed by atoms with Gasteiger partial charge in [-0.25, -0.2) is 0 Å². The summed E-state index contributed by atoms with van der Waals surface area (Å²) in [4.78, 5) is 16.8. The molecule has 0 saturated heterocycles. The third-order valence-electron chi connectivity index (χ3n) is 5.11. The maximum atomic E-state index is 12.7. The summed E-state index contributed by atoms with van der Waals surface area (Å²) in [5.41, 5.74) is 7.73. The maximum Gasteiger partial charge on any atom is 0.251 e. The number of nitrogens with two attached hydrogens (primary N) is 1. The monoisotopic (exact) mass is 417 g/mol. The molecule has 154 valence electrons. The molecule has 0 spiro atoms. The molecule has 29 heavy (non-hydrogen) atoms. The number of nitrogens with one attached hydrogen (secondary N) is 2. The number of carbonyl (C=O) groups excluding carboxylic acids is 1. The van der Waals surface area contributed by atoms with Gasteiger partial charge in [-0.05, 0) is 61.4 Å². The van der Waals surface area contributed by atoms with Crippen molar-refractivity contribution in [3.63, 3.8) is 0 Å². The van der Waals surface area contributed by atoms with Gasteiger partial charge in [0.15, 0.2) is 5.84 Å². The number of hydrogen-bond donors (Lipinski definition) is 5. The molecule has 0 radical (unpaired) electrons. The lowest BCUT2D eigenvalue weighted by molar-refractivity contribution is 0.0691. The van der Waals surface area contributed by atoms with Gasteiger partial charge in [0, 0.05) is 17.5 Å². The largest absolute Gasteiger partial charge is 0.490 e. The number of hydrogen-bond acceptors (Lipinski definition) is 8. The summed E-state index contributed by atoms with van der Waals surface area (Å²) in [6, 6.07) is 8.56. The van der Waals surface area contributed by atoms with Crippen molar-refractivity contribution in [3.05, 3.63) is 53.3 Å². The van der Waals surface area contributed by atoms with Gasteiger partial charge in [-0.15, -0.1) is 4.40 Å². The number of carbonyl (C=O) groups is 1. The molecule has 1 aromatic carbocycles. The van der Waals surface area contributed by atoms with Gasteiger partial charge in [0.1, 0.15) is 12.4 Å². The fourth-order valence-electron chi connectivity index (χ4n) is 3.48. The van der Waals surface area contributed by atoms with Crippen LogP contribution in [0.25, 0.3) is 0 Å². The van der Waals surface area contributed by atoms with E-state index in [-0.39, 0.29) is 18.3 Å². The number of pyridine rings is 1. The number of aromatic nitrogens is 1. The number of fused-ring (bicyclic) bond motifs is 1. The van der Waals surface area contributed by atoms with Crippen LogP contribution >= 0.6 is 11.0 Å². The van der Waals surface area contributed by atoms with Crippen LogP contribution in [0.1, 0.15) is 40.9 Å². The molecular weight excluding hydrogens is 394 g/mol. The minimum absolute atomic E-state index is 0.00620. The molecule has 10 heteroatoms. The summed E-state index contributed by atoms with van der Waals surface area (Å²) in [6.07, 6.45) is 4.22. The lowest BCUT2D eigenvalue weighted by Gasteiger charge is -2.42. The molecule has 0 atom stereocenters. The van der Waals surface area contributed by atoms with Crippen LogP contribution in [0.5, 0.6) is 5.75 Å². The van der Waals surface area contributed by atoms with E-state index in [2.05, 4.69) is 19.4 Å². The second kappa shape index (κ2) is 7.21. The molecular formula is C19H23N5O4S. The molecule has 1 saturated carbocycles. The van der Waals surface area contributed by atoms with Crippen LogP contribution in [0, 0.1) is 6.92 Å². The van der Waals surface area contributed by atoms with E-state index in [1.165, 1.54) is 0 Å². The quantitative estimate of drug-likeness (QED) is 0.503. The molecule has 1 aliphatic heterocycles. The van der Waals surface area contributed by atoms with Crippen molar-refractivity contribution in [1.29, 1.82) is 0 Å². The Bertz CT molecular complexity index is 990. The average molecular weight is 417 g/mol. The molecule has 1 aromatic heterocycles. The molecule has 0 bridgehead atoms. The van der Waals surface area contributed by atoms with Crippen LogP contribution in [-0.2, 0) is 0 Å². The Morgan fingerprint density at radius 2 is 2.17 bits per heavy atom. The molecule has 1 amide bonds. The second-order valence-electron chi connectivity index (χ2n) is 7.34. The summed E-state index contributed by atoms with van der Waals surface area (Å²) >= 11 is 0. The molecule has 1 fully saturated rings. The van der Waals surface area contributed by atoms with Gasteiger partial charge in [-0.2, -0.15) is 0 Å². The fourth-order valence-corrected chi connectivity index (χ4v) is 4.35. The maximum absolute atomic E-state index is 12.7. The van der Waals surface area contributed by atoms with E-state index in [4.69, 9.17) is 10.5 Å². The molecule has 9 nitrogen and oxygen atoms in total. The third-order valence-corrected chi connectivity index (χ3v) is 6.05. The van der Waals surface area contributed by atoms with E-state index in [0.717, 1.165) is 25.0 Å². The Balaban J connectivity index is 1.51. The van der Waals surface area contributed by atoms with Crippen LogP contribution < -0.4 is 20.5 Å². The highest BCUT2D eigenvalue weighted by atomic mass is 32.3. The van der Waals surface area contributed by atoms with Crippen molar-refractivity contribution in [3.8, 4) is 5.75 Å². The number of amidine groups is 1. The highest BCUT2D eigenvalue weighted by molar-refractivity contribution is 8.24. The fraction of sp³-hybridized carbons (Fsp3) is 0.316. The van der Waals surface area contributed by atoms with Crippen molar-refractivity contribution < 1.29 is 18.6 Å². The molecule has 0 unspecified atom stereocenters. The van der Waals surface area contributed by atoms with Gasteiger partial charge in [0.05, 0.1) is 16.8 Å². The summed E-state index contributed by atoms with van der Waals surface area (Å²) in [5, 5.41) is 3.10. The van der Waals surface area contributed by atoms with E-state index < -0.39 is 16.5 Å². The minimum Gasteiger partial charge on any atom is -0.490 e. The smallest absolute Gasteiger partial charge is 0.251 e. The van der Waals surface area contributed by atoms with Crippen LogP contribution in [-0.4, -0.2) is 38.0 Å². The highest BCUT2D eigenvalue weighted by Gasteiger charge is 2.40. The van der Waals surface area contributed by atoms with Gasteiger partial charge < -0.3 is 15.8 Å². The number of ether oxygens (including phenoxy) is 1. The zero-order valence-corrected chi connectivity index (χ0v) is 16.7. The van der Waals surface area contributed by atoms with E-state index in [9.17, 15) is 13.9 Å². The number of benzene rings is 1. The molecule has 4 rings (SSSR count). The summed E-state index contributed by atoms with van der Waals surface area (Å²) in [5.74, 6) is 0.297. The van der Waals surface area contributed by atoms with Crippen LogP contribution in [0.15, 0.2) is 40.9 Å². The van der Waals surface area contributed by atoms with Crippen LogP contribution in [0.4, 0.5) is 5.69 Å². The Hall–Kier alpha value is -2.82. The van der Waals surface area contributed by atoms with Gasteiger partial charge >= 0.3 is 0 Å². The molecule has 6 N–H and O–H groups in total. The molecule has 2 aromatic rings. The average Bonchev–Trinajstić information content (AvgIpc) is 2.62. The Morgan fingerprint density at radius 1 is 1.38 bits per heavy atom. The van der Waals surface area contributed by atoms with Crippen molar-refractivity contribution in [1.82, 2.24) is 10.3 Å². The van der Waals surface area contributed by atoms with Crippen molar-refractivity contribution >= 4 is 28.4 Å². The van der Waals surface area contributed by atoms with E-state index in [0.29, 0.717) is 22.6 Å². The lowest BCUT2D eigenvalue weighted by atomic mass is 9.77. The predicted octanol–water partition coefficient (Wildman–Crippen LogP) is 2.83. The summed E-state index contributed by atoms with van der Waals surface area (Å²) in [7, 11) is -3.35. The van der Waals surface area contributed by atoms with Gasteiger partial charge in [-0.3, -0.25) is 23.6 Å². The van der Waals surface area contributed by atoms with Gasteiger partial charge in [-0.1, -0.05) is 6.07 Å². The standard InChI is InChI=1S/C19H23N5O4S/c1-12-10-13(6-9-21-12)18(25)22-19(7-3-8-19)11-28-15-5-2-4-14-16(15)17(20)24-29(26,27)23-14/h2,4-6,9-10,23,26-27H,3,7-8,11H2,1H3,(H2,20,24)(H,22,25). The Morgan fingerprint density at radius 3 is 2.86 bits per heavy atom. The van der Waals surface area contributed by atoms with Crippen LogP contribution in [0.2, 0.25) is 0 Å². The van der Waals surface area contributed by atoms with Gasteiger partial charge in [0.25, 0.3) is 5.91 Å². The number of aryl methyl sites for hydroxylation is 1. The summed E-state index contributed by atoms with van der Waals surface area (Å²) < 4.78 is 31.9. The number of rotatable bonds is 5. The van der Waals surface area contributed by atoms with Gasteiger partial charge in [0.2, 0.25) is 0 Å². The first kappa shape index (κ1) is 19.5.